The zero-order valence-corrected chi connectivity index (χ0v) is 19.9. The highest BCUT2D eigenvalue weighted by Gasteiger charge is 2.29. The summed E-state index contributed by atoms with van der Waals surface area (Å²) in [5.74, 6) is 0.150. The molecule has 1 aliphatic rings. The zero-order chi connectivity index (χ0) is 23.2. The van der Waals surface area contributed by atoms with Gasteiger partial charge in [-0.25, -0.2) is 0 Å². The number of likely N-dealkylation sites (tertiary alicyclic amines) is 1. The van der Waals surface area contributed by atoms with Gasteiger partial charge in [0.05, 0.1) is 17.6 Å². The van der Waals surface area contributed by atoms with Gasteiger partial charge in [-0.15, -0.1) is 10.2 Å². The van der Waals surface area contributed by atoms with E-state index in [9.17, 15) is 9.59 Å². The molecule has 0 bridgehead atoms. The molecule has 2 heterocycles. The third kappa shape index (κ3) is 6.11. The molecule has 0 aliphatic carbocycles. The first-order chi connectivity index (χ1) is 16.0. The van der Waals surface area contributed by atoms with Gasteiger partial charge >= 0.3 is 0 Å². The van der Waals surface area contributed by atoms with Crippen molar-refractivity contribution >= 4 is 51.6 Å². The van der Waals surface area contributed by atoms with Gasteiger partial charge in [0, 0.05) is 29.4 Å². The van der Waals surface area contributed by atoms with E-state index in [1.54, 1.807) is 41.3 Å². The molecule has 168 valence electrons. The number of thioether (sulfide) groups is 1. The Kier molecular flexibility index (Phi) is 7.60. The van der Waals surface area contributed by atoms with Crippen molar-refractivity contribution in [1.29, 1.82) is 5.26 Å². The lowest BCUT2D eigenvalue weighted by Gasteiger charge is -2.32. The van der Waals surface area contributed by atoms with E-state index in [4.69, 9.17) is 16.9 Å². The summed E-state index contributed by atoms with van der Waals surface area (Å²) in [5, 5.41) is 21.0. The summed E-state index contributed by atoms with van der Waals surface area (Å²) < 4.78 is 0.748. The van der Waals surface area contributed by atoms with Gasteiger partial charge in [-0.1, -0.05) is 46.8 Å². The lowest BCUT2D eigenvalue weighted by atomic mass is 9.96. The molecule has 1 fully saturated rings. The normalized spacial score (nSPS) is 15.6. The molecule has 33 heavy (non-hydrogen) atoms. The maximum absolute atomic E-state index is 12.8. The number of carbonyl (C=O) groups excluding carboxylic acids is 2. The van der Waals surface area contributed by atoms with Gasteiger partial charge in [-0.2, -0.15) is 5.26 Å². The highest BCUT2D eigenvalue weighted by molar-refractivity contribution is 8.00. The topological polar surface area (TPSA) is 99.0 Å². The van der Waals surface area contributed by atoms with Crippen LogP contribution in [0.4, 0.5) is 5.13 Å². The number of halogens is 1. The summed E-state index contributed by atoms with van der Waals surface area (Å²) in [5.41, 5.74) is 2.27. The quantitative estimate of drug-likeness (QED) is 0.386. The number of nitriles is 1. The largest absolute Gasteiger partial charge is 0.338 e. The minimum Gasteiger partial charge on any atom is -0.338 e. The second kappa shape index (κ2) is 10.8. The number of hydrogen-bond acceptors (Lipinski definition) is 7. The van der Waals surface area contributed by atoms with Crippen molar-refractivity contribution in [3.05, 3.63) is 70.2 Å². The molecule has 0 spiro atoms. The molecule has 3 aromatic rings. The molecular weight excluding hydrogens is 478 g/mol. The second-order valence-electron chi connectivity index (χ2n) is 7.56. The Hall–Kier alpha value is -2.93. The maximum atomic E-state index is 12.8. The first-order valence-electron chi connectivity index (χ1n) is 10.3. The highest BCUT2D eigenvalue weighted by Crippen LogP contribution is 2.29. The van der Waals surface area contributed by atoms with Crippen LogP contribution in [0, 0.1) is 17.2 Å². The molecule has 0 saturated carbocycles. The number of piperidine rings is 1. The third-order valence-corrected chi connectivity index (χ3v) is 7.55. The molecule has 1 aliphatic heterocycles. The van der Waals surface area contributed by atoms with Crippen LogP contribution < -0.4 is 5.32 Å². The average Bonchev–Trinajstić information content (AvgIpc) is 3.30. The number of benzene rings is 2. The lowest BCUT2D eigenvalue weighted by Crippen LogP contribution is -2.43. The number of carbonyl (C=O) groups is 2. The van der Waals surface area contributed by atoms with Crippen LogP contribution in [0.2, 0.25) is 5.02 Å². The van der Waals surface area contributed by atoms with Crippen molar-refractivity contribution in [3.63, 3.8) is 0 Å². The summed E-state index contributed by atoms with van der Waals surface area (Å²) in [7, 11) is 0. The third-order valence-electron chi connectivity index (χ3n) is 5.25. The van der Waals surface area contributed by atoms with Gasteiger partial charge < -0.3 is 10.2 Å². The highest BCUT2D eigenvalue weighted by atomic mass is 35.5. The van der Waals surface area contributed by atoms with Gasteiger partial charge in [-0.3, -0.25) is 9.59 Å². The summed E-state index contributed by atoms with van der Waals surface area (Å²) in [6, 6.07) is 16.3. The van der Waals surface area contributed by atoms with Gasteiger partial charge in [0.2, 0.25) is 11.0 Å². The van der Waals surface area contributed by atoms with Crippen molar-refractivity contribution in [1.82, 2.24) is 15.1 Å². The van der Waals surface area contributed by atoms with E-state index in [1.807, 2.05) is 12.1 Å². The van der Waals surface area contributed by atoms with Crippen LogP contribution in [0.15, 0.2) is 52.9 Å². The Morgan fingerprint density at radius 1 is 1.18 bits per heavy atom. The number of amides is 2. The van der Waals surface area contributed by atoms with E-state index >= 15 is 0 Å². The molecule has 7 nitrogen and oxygen atoms in total. The number of rotatable bonds is 6. The van der Waals surface area contributed by atoms with Crippen LogP contribution in [0.3, 0.4) is 0 Å². The van der Waals surface area contributed by atoms with Crippen molar-refractivity contribution in [3.8, 4) is 6.07 Å². The van der Waals surface area contributed by atoms with E-state index in [-0.39, 0.29) is 17.7 Å². The van der Waals surface area contributed by atoms with E-state index < -0.39 is 0 Å². The SMILES string of the molecule is N#Cc1ccc(CSc2nnc(NC(=O)C3CCCN(C(=O)c4ccc(Cl)cc4)C3)s2)cc1. The van der Waals surface area contributed by atoms with Crippen LogP contribution >= 0.6 is 34.7 Å². The minimum atomic E-state index is -0.298. The molecule has 2 aromatic carbocycles. The Morgan fingerprint density at radius 2 is 1.94 bits per heavy atom. The van der Waals surface area contributed by atoms with Crippen molar-refractivity contribution in [2.24, 2.45) is 5.92 Å². The number of nitrogens with one attached hydrogen (secondary N) is 1. The van der Waals surface area contributed by atoms with Gasteiger partial charge in [0.15, 0.2) is 4.34 Å². The van der Waals surface area contributed by atoms with Crippen molar-refractivity contribution < 1.29 is 9.59 Å². The minimum absolute atomic E-state index is 0.0958. The monoisotopic (exact) mass is 497 g/mol. The maximum Gasteiger partial charge on any atom is 0.253 e. The average molecular weight is 498 g/mol. The summed E-state index contributed by atoms with van der Waals surface area (Å²) in [4.78, 5) is 27.3. The Bertz CT molecular complexity index is 1170. The fourth-order valence-corrected chi connectivity index (χ4v) is 5.33. The van der Waals surface area contributed by atoms with Gasteiger partial charge in [0.1, 0.15) is 0 Å². The lowest BCUT2D eigenvalue weighted by molar-refractivity contribution is -0.121. The standard InChI is InChI=1S/C23H20ClN5O2S2/c24-19-9-7-17(8-10-19)21(31)29-11-1-2-18(13-29)20(30)26-22-27-28-23(33-22)32-14-16-5-3-15(12-25)4-6-16/h3-10,18H,1-2,11,13-14H2,(H,26,27,30). The Morgan fingerprint density at radius 3 is 2.67 bits per heavy atom. The Balaban J connectivity index is 1.30. The van der Waals surface area contributed by atoms with Crippen LogP contribution in [-0.2, 0) is 10.5 Å². The summed E-state index contributed by atoms with van der Waals surface area (Å²) in [6.07, 6.45) is 1.48. The second-order valence-corrected chi connectivity index (χ2v) is 10.2. The van der Waals surface area contributed by atoms with Gasteiger partial charge in [-0.05, 0) is 54.8 Å². The number of anilines is 1. The first kappa shape index (κ1) is 23.2. The number of hydrogen-bond donors (Lipinski definition) is 1. The van der Waals surface area contributed by atoms with E-state index in [0.717, 1.165) is 22.7 Å². The molecule has 1 aromatic heterocycles. The van der Waals surface area contributed by atoms with Crippen LogP contribution in [0.5, 0.6) is 0 Å². The van der Waals surface area contributed by atoms with E-state index in [2.05, 4.69) is 21.6 Å². The molecule has 0 radical (unpaired) electrons. The molecule has 4 rings (SSSR count). The fourth-order valence-electron chi connectivity index (χ4n) is 3.50. The molecule has 1 saturated heterocycles. The molecular formula is C23H20ClN5O2S2. The number of nitrogens with zero attached hydrogens (tertiary/aromatic N) is 4. The molecule has 10 heteroatoms. The predicted octanol–water partition coefficient (Wildman–Crippen LogP) is 4.85. The Labute approximate surface area is 204 Å². The van der Waals surface area contributed by atoms with Gasteiger partial charge in [0.25, 0.3) is 5.91 Å². The molecule has 1 atom stereocenters. The number of aromatic nitrogens is 2. The molecule has 2 amide bonds. The van der Waals surface area contributed by atoms with Crippen molar-refractivity contribution in [2.45, 2.75) is 22.9 Å². The predicted molar refractivity (Wildman–Crippen MR) is 129 cm³/mol. The summed E-state index contributed by atoms with van der Waals surface area (Å²) >= 11 is 8.75. The van der Waals surface area contributed by atoms with E-state index in [1.165, 1.54) is 23.1 Å². The zero-order valence-electron chi connectivity index (χ0n) is 17.5. The molecule has 1 N–H and O–H groups in total. The van der Waals surface area contributed by atoms with Crippen molar-refractivity contribution in [2.75, 3.05) is 18.4 Å². The first-order valence-corrected chi connectivity index (χ1v) is 12.5. The van der Waals surface area contributed by atoms with Crippen LogP contribution in [0.1, 0.15) is 34.3 Å². The molecule has 1 unspecified atom stereocenters. The van der Waals surface area contributed by atoms with E-state index in [0.29, 0.717) is 40.1 Å². The fraction of sp³-hybridized carbons (Fsp3) is 0.261. The van der Waals surface area contributed by atoms with Crippen LogP contribution in [0.25, 0.3) is 0 Å². The smallest absolute Gasteiger partial charge is 0.253 e. The van der Waals surface area contributed by atoms with Crippen LogP contribution in [-0.4, -0.2) is 40.0 Å². The summed E-state index contributed by atoms with van der Waals surface area (Å²) in [6.45, 7) is 0.993.